The molecule has 2 heterocycles. The molecule has 0 saturated carbocycles. The van der Waals surface area contributed by atoms with Gasteiger partial charge >= 0.3 is 0 Å². The molecule has 3 aromatic rings. The lowest BCUT2D eigenvalue weighted by atomic mass is 10.1. The first-order valence-corrected chi connectivity index (χ1v) is 9.98. The quantitative estimate of drug-likeness (QED) is 0.134. The van der Waals surface area contributed by atoms with E-state index in [4.69, 9.17) is 18.3 Å². The van der Waals surface area contributed by atoms with Crippen LogP contribution in [0.1, 0.15) is 29.8 Å². The molecule has 0 bridgehead atoms. The monoisotopic (exact) mass is 517 g/mol. The maximum atomic E-state index is 10.9. The zero-order chi connectivity index (χ0) is 20.3. The van der Waals surface area contributed by atoms with Gasteiger partial charge in [-0.25, -0.2) is 0 Å². The van der Waals surface area contributed by atoms with Gasteiger partial charge in [-0.15, -0.1) is 10.2 Å². The molecule has 0 fully saturated rings. The molecule has 1 aromatic carbocycles. The molecule has 0 aliphatic carbocycles. The summed E-state index contributed by atoms with van der Waals surface area (Å²) < 4.78 is 22.6. The first kappa shape index (κ1) is 20.8. The topological polar surface area (TPSA) is 114 Å². The standard InChI is InChI=1S/C17H16IN3O6S/c1-9(10-5-4-6-11(7-10)21(22)23)28-17-20-19-15(27-17)14-12(18)8-13(26-14)16(24-2)25-3/h4-9,16H,1-3H3. The molecule has 1 unspecified atom stereocenters. The highest BCUT2D eigenvalue weighted by Crippen LogP contribution is 2.37. The van der Waals surface area contributed by atoms with Gasteiger partial charge in [0.2, 0.25) is 12.1 Å². The van der Waals surface area contributed by atoms with Gasteiger partial charge in [-0.1, -0.05) is 23.9 Å². The Kier molecular flexibility index (Phi) is 6.69. The van der Waals surface area contributed by atoms with Crippen LogP contribution in [0.2, 0.25) is 0 Å². The normalized spacial score (nSPS) is 12.5. The van der Waals surface area contributed by atoms with Crippen molar-refractivity contribution in [1.82, 2.24) is 10.2 Å². The summed E-state index contributed by atoms with van der Waals surface area (Å²) in [6.07, 6.45) is -0.632. The average Bonchev–Trinajstić information content (AvgIpc) is 3.29. The molecule has 11 heteroatoms. The number of nitrogens with zero attached hydrogens (tertiary/aromatic N) is 3. The number of methoxy groups -OCH3 is 2. The van der Waals surface area contributed by atoms with Gasteiger partial charge in [0.05, 0.1) is 8.49 Å². The van der Waals surface area contributed by atoms with Crippen molar-refractivity contribution in [2.45, 2.75) is 23.7 Å². The van der Waals surface area contributed by atoms with Crippen LogP contribution in [0.5, 0.6) is 0 Å². The summed E-state index contributed by atoms with van der Waals surface area (Å²) in [4.78, 5) is 10.5. The van der Waals surface area contributed by atoms with E-state index in [1.54, 1.807) is 12.1 Å². The number of rotatable bonds is 8. The lowest BCUT2D eigenvalue weighted by Gasteiger charge is -2.09. The van der Waals surface area contributed by atoms with Crippen LogP contribution in [0.25, 0.3) is 11.7 Å². The third-order valence-corrected chi connectivity index (χ3v) is 5.59. The molecule has 3 rings (SSSR count). The number of nitro benzene ring substituents is 1. The van der Waals surface area contributed by atoms with E-state index in [2.05, 4.69) is 32.8 Å². The molecule has 0 spiro atoms. The summed E-state index contributed by atoms with van der Waals surface area (Å²) >= 11 is 3.41. The van der Waals surface area contributed by atoms with Crippen molar-refractivity contribution in [3.63, 3.8) is 0 Å². The highest BCUT2D eigenvalue weighted by Gasteiger charge is 2.23. The summed E-state index contributed by atoms with van der Waals surface area (Å²) in [5.74, 6) is 1.15. The summed E-state index contributed by atoms with van der Waals surface area (Å²) in [5.41, 5.74) is 0.830. The van der Waals surface area contributed by atoms with E-state index in [9.17, 15) is 10.1 Å². The maximum Gasteiger partial charge on any atom is 0.285 e. The van der Waals surface area contributed by atoms with Gasteiger partial charge in [0.15, 0.2) is 5.76 Å². The highest BCUT2D eigenvalue weighted by molar-refractivity contribution is 14.1. The fourth-order valence-electron chi connectivity index (χ4n) is 2.44. The minimum atomic E-state index is -0.632. The SMILES string of the molecule is COC(OC)c1cc(I)c(-c2nnc(SC(C)c3cccc([N+](=O)[O-])c3)o2)o1. The van der Waals surface area contributed by atoms with E-state index in [0.717, 1.165) is 9.13 Å². The van der Waals surface area contributed by atoms with Gasteiger partial charge in [-0.05, 0) is 41.1 Å². The predicted molar refractivity (Wildman–Crippen MR) is 109 cm³/mol. The van der Waals surface area contributed by atoms with Crippen molar-refractivity contribution in [3.05, 3.63) is 55.3 Å². The van der Waals surface area contributed by atoms with Crippen LogP contribution in [-0.4, -0.2) is 29.3 Å². The van der Waals surface area contributed by atoms with Crippen LogP contribution in [0.3, 0.4) is 0 Å². The van der Waals surface area contributed by atoms with Crippen molar-refractivity contribution in [2.24, 2.45) is 0 Å². The molecule has 148 valence electrons. The second kappa shape index (κ2) is 9.03. The molecule has 0 amide bonds. The lowest BCUT2D eigenvalue weighted by molar-refractivity contribution is -0.384. The van der Waals surface area contributed by atoms with Crippen molar-refractivity contribution < 1.29 is 23.2 Å². The van der Waals surface area contributed by atoms with Crippen molar-refractivity contribution in [2.75, 3.05) is 14.2 Å². The van der Waals surface area contributed by atoms with Gasteiger partial charge < -0.3 is 18.3 Å². The first-order chi connectivity index (χ1) is 13.4. The van der Waals surface area contributed by atoms with Crippen LogP contribution in [0.15, 0.2) is 44.4 Å². The fraction of sp³-hybridized carbons (Fsp3) is 0.294. The molecule has 1 atom stereocenters. The van der Waals surface area contributed by atoms with Gasteiger partial charge in [-0.3, -0.25) is 10.1 Å². The van der Waals surface area contributed by atoms with Crippen LogP contribution in [-0.2, 0) is 9.47 Å². The fourth-order valence-corrected chi connectivity index (χ4v) is 3.88. The lowest BCUT2D eigenvalue weighted by Crippen LogP contribution is -2.01. The molecule has 2 aromatic heterocycles. The van der Waals surface area contributed by atoms with E-state index >= 15 is 0 Å². The number of benzene rings is 1. The molecule has 28 heavy (non-hydrogen) atoms. The van der Waals surface area contributed by atoms with Crippen molar-refractivity contribution in [3.8, 4) is 11.7 Å². The Morgan fingerprint density at radius 3 is 2.64 bits per heavy atom. The largest absolute Gasteiger partial charge is 0.449 e. The second-order valence-corrected chi connectivity index (χ2v) is 8.07. The van der Waals surface area contributed by atoms with Crippen LogP contribution < -0.4 is 0 Å². The van der Waals surface area contributed by atoms with Gasteiger partial charge in [-0.2, -0.15) is 0 Å². The number of aromatic nitrogens is 2. The highest BCUT2D eigenvalue weighted by atomic mass is 127. The number of hydrogen-bond acceptors (Lipinski definition) is 9. The molecular weight excluding hydrogens is 501 g/mol. The molecule has 0 aliphatic rings. The molecule has 9 nitrogen and oxygen atoms in total. The number of furan rings is 1. The molecule has 0 saturated heterocycles. The Labute approximate surface area is 178 Å². The third-order valence-electron chi connectivity index (χ3n) is 3.80. The number of hydrogen-bond donors (Lipinski definition) is 0. The number of non-ortho nitro benzene ring substituents is 1. The van der Waals surface area contributed by atoms with Gasteiger partial charge in [0, 0.05) is 31.6 Å². The van der Waals surface area contributed by atoms with E-state index in [1.807, 2.05) is 13.0 Å². The average molecular weight is 517 g/mol. The number of halogens is 1. The zero-order valence-corrected chi connectivity index (χ0v) is 18.1. The molecular formula is C17H16IN3O6S. The summed E-state index contributed by atoms with van der Waals surface area (Å²) in [6.45, 7) is 1.91. The van der Waals surface area contributed by atoms with Crippen molar-refractivity contribution in [1.29, 1.82) is 0 Å². The first-order valence-electron chi connectivity index (χ1n) is 8.02. The zero-order valence-electron chi connectivity index (χ0n) is 15.1. The Morgan fingerprint density at radius 1 is 1.21 bits per heavy atom. The smallest absolute Gasteiger partial charge is 0.285 e. The third kappa shape index (κ3) is 4.54. The Bertz CT molecular complexity index is 971. The molecule has 0 radical (unpaired) electrons. The van der Waals surface area contributed by atoms with Crippen LogP contribution in [0.4, 0.5) is 5.69 Å². The summed E-state index contributed by atoms with van der Waals surface area (Å²) in [5, 5.41) is 19.2. The molecule has 0 aliphatic heterocycles. The van der Waals surface area contributed by atoms with Crippen LogP contribution >= 0.6 is 34.4 Å². The van der Waals surface area contributed by atoms with E-state index in [0.29, 0.717) is 16.7 Å². The minimum absolute atomic E-state index is 0.0414. The van der Waals surface area contributed by atoms with E-state index in [1.165, 1.54) is 38.1 Å². The number of nitro groups is 1. The molecule has 0 N–H and O–H groups in total. The predicted octanol–water partition coefficient (Wildman–Crippen LogP) is 4.99. The maximum absolute atomic E-state index is 10.9. The number of thioether (sulfide) groups is 1. The van der Waals surface area contributed by atoms with Gasteiger partial charge in [0.25, 0.3) is 16.8 Å². The van der Waals surface area contributed by atoms with E-state index < -0.39 is 11.2 Å². The second-order valence-electron chi connectivity index (χ2n) is 5.61. The van der Waals surface area contributed by atoms with Gasteiger partial charge in [0.1, 0.15) is 0 Å². The minimum Gasteiger partial charge on any atom is -0.449 e. The Hall–Kier alpha value is -1.96. The van der Waals surface area contributed by atoms with E-state index in [-0.39, 0.29) is 16.8 Å². The van der Waals surface area contributed by atoms with Crippen LogP contribution in [0, 0.1) is 13.7 Å². The van der Waals surface area contributed by atoms with Crippen molar-refractivity contribution >= 4 is 40.0 Å². The summed E-state index contributed by atoms with van der Waals surface area (Å²) in [6, 6.07) is 8.23. The Morgan fingerprint density at radius 2 is 1.96 bits per heavy atom. The Balaban J connectivity index is 1.77. The summed E-state index contributed by atoms with van der Waals surface area (Å²) in [7, 11) is 3.03. The number of ether oxygens (including phenoxy) is 2.